The summed E-state index contributed by atoms with van der Waals surface area (Å²) in [7, 11) is 1.41. The number of hydrogen-bond acceptors (Lipinski definition) is 6. The van der Waals surface area contributed by atoms with Gasteiger partial charge in [-0.05, 0) is 34.1 Å². The van der Waals surface area contributed by atoms with Crippen LogP contribution in [0.15, 0.2) is 28.7 Å². The van der Waals surface area contributed by atoms with Crippen LogP contribution < -0.4 is 19.5 Å². The largest absolute Gasteiger partial charge is 0.493 e. The predicted molar refractivity (Wildman–Crippen MR) is 97.0 cm³/mol. The molecule has 1 aliphatic heterocycles. The van der Waals surface area contributed by atoms with Crippen molar-refractivity contribution in [1.82, 2.24) is 0 Å². The Bertz CT molecular complexity index is 896. The zero-order valence-corrected chi connectivity index (χ0v) is 16.1. The van der Waals surface area contributed by atoms with E-state index in [0.717, 1.165) is 6.07 Å². The molecule has 0 saturated carbocycles. The molecule has 28 heavy (non-hydrogen) atoms. The molecule has 0 fully saturated rings. The monoisotopic (exact) mass is 457 g/mol. The number of esters is 1. The van der Waals surface area contributed by atoms with E-state index in [0.29, 0.717) is 30.8 Å². The first-order valence-electron chi connectivity index (χ1n) is 7.98. The van der Waals surface area contributed by atoms with E-state index in [-0.39, 0.29) is 21.5 Å². The van der Waals surface area contributed by atoms with Crippen LogP contribution in [-0.2, 0) is 9.53 Å². The van der Waals surface area contributed by atoms with Gasteiger partial charge in [0.1, 0.15) is 19.0 Å². The minimum atomic E-state index is -0.969. The Kier molecular flexibility index (Phi) is 5.98. The van der Waals surface area contributed by atoms with E-state index in [1.807, 2.05) is 0 Å². The predicted octanol–water partition coefficient (Wildman–Crippen LogP) is 3.30. The third-order valence-electron chi connectivity index (χ3n) is 3.67. The molecule has 0 bridgehead atoms. The van der Waals surface area contributed by atoms with Gasteiger partial charge >= 0.3 is 5.97 Å². The van der Waals surface area contributed by atoms with Crippen molar-refractivity contribution in [3.63, 3.8) is 0 Å². The van der Waals surface area contributed by atoms with Gasteiger partial charge < -0.3 is 24.3 Å². The lowest BCUT2D eigenvalue weighted by atomic mass is 10.1. The lowest BCUT2D eigenvalue weighted by molar-refractivity contribution is -0.119. The normalized spacial score (nSPS) is 12.3. The second-order valence-electron chi connectivity index (χ2n) is 5.57. The quantitative estimate of drug-likeness (QED) is 0.693. The molecule has 0 aromatic heterocycles. The number of rotatable bonds is 5. The van der Waals surface area contributed by atoms with Crippen LogP contribution in [-0.4, -0.2) is 38.8 Å². The summed E-state index contributed by atoms with van der Waals surface area (Å²) in [6.07, 6.45) is 0. The summed E-state index contributed by atoms with van der Waals surface area (Å²) in [6, 6.07) is 4.41. The van der Waals surface area contributed by atoms with Gasteiger partial charge in [-0.2, -0.15) is 0 Å². The zero-order valence-electron chi connectivity index (χ0n) is 14.5. The average molecular weight is 458 g/mol. The van der Waals surface area contributed by atoms with Crippen LogP contribution in [0.1, 0.15) is 10.4 Å². The van der Waals surface area contributed by atoms with E-state index in [1.54, 1.807) is 0 Å². The molecule has 1 heterocycles. The highest BCUT2D eigenvalue weighted by atomic mass is 79.9. The molecule has 3 rings (SSSR count). The molecule has 1 amide bonds. The maximum absolute atomic E-state index is 13.7. The molecule has 0 aliphatic carbocycles. The van der Waals surface area contributed by atoms with Crippen LogP contribution in [0.3, 0.4) is 0 Å². The van der Waals surface area contributed by atoms with Gasteiger partial charge in [-0.25, -0.2) is 13.6 Å². The molecule has 0 unspecified atom stereocenters. The molecule has 2 aromatic rings. The number of ether oxygens (including phenoxy) is 4. The lowest BCUT2D eigenvalue weighted by Gasteiger charge is -2.21. The number of anilines is 1. The molecule has 0 saturated heterocycles. The lowest BCUT2D eigenvalue weighted by Crippen LogP contribution is -2.22. The van der Waals surface area contributed by atoms with E-state index in [1.165, 1.54) is 19.2 Å². The van der Waals surface area contributed by atoms with Crippen LogP contribution in [0.4, 0.5) is 14.5 Å². The van der Waals surface area contributed by atoms with Crippen LogP contribution in [0.5, 0.6) is 17.2 Å². The van der Waals surface area contributed by atoms with Crippen LogP contribution in [0.2, 0.25) is 0 Å². The first-order valence-corrected chi connectivity index (χ1v) is 8.77. The second-order valence-corrected chi connectivity index (χ2v) is 6.43. The molecule has 1 N–H and O–H groups in total. The van der Waals surface area contributed by atoms with Gasteiger partial charge in [0.25, 0.3) is 5.91 Å². The Hall–Kier alpha value is -2.88. The number of halogens is 3. The highest BCUT2D eigenvalue weighted by Crippen LogP contribution is 2.40. The van der Waals surface area contributed by atoms with E-state index in [2.05, 4.69) is 21.2 Å². The highest BCUT2D eigenvalue weighted by Gasteiger charge is 2.22. The van der Waals surface area contributed by atoms with Gasteiger partial charge in [0.2, 0.25) is 5.75 Å². The molecule has 1 aliphatic rings. The van der Waals surface area contributed by atoms with Crippen molar-refractivity contribution in [2.24, 2.45) is 0 Å². The summed E-state index contributed by atoms with van der Waals surface area (Å²) in [4.78, 5) is 24.2. The van der Waals surface area contributed by atoms with Crippen LogP contribution in [0.25, 0.3) is 0 Å². The van der Waals surface area contributed by atoms with Gasteiger partial charge in [-0.1, -0.05) is 0 Å². The Morgan fingerprint density at radius 2 is 1.93 bits per heavy atom. The maximum Gasteiger partial charge on any atom is 0.338 e. The molecular weight excluding hydrogens is 444 g/mol. The van der Waals surface area contributed by atoms with Gasteiger partial charge in [0, 0.05) is 10.5 Å². The summed E-state index contributed by atoms with van der Waals surface area (Å²) in [5.41, 5.74) is -0.175. The van der Waals surface area contributed by atoms with E-state index in [9.17, 15) is 18.4 Å². The first kappa shape index (κ1) is 19.9. The van der Waals surface area contributed by atoms with Crippen molar-refractivity contribution >= 4 is 33.5 Å². The summed E-state index contributed by atoms with van der Waals surface area (Å²) in [6.45, 7) is -0.0170. The second kappa shape index (κ2) is 8.42. The highest BCUT2D eigenvalue weighted by molar-refractivity contribution is 9.10. The maximum atomic E-state index is 13.7. The number of nitrogens with one attached hydrogen (secondary N) is 1. The van der Waals surface area contributed by atoms with E-state index in [4.69, 9.17) is 18.9 Å². The summed E-state index contributed by atoms with van der Waals surface area (Å²) >= 11 is 2.95. The number of fused-ring (bicyclic) bond motifs is 1. The van der Waals surface area contributed by atoms with Gasteiger partial charge in [-0.3, -0.25) is 4.79 Å². The molecule has 0 spiro atoms. The molecule has 0 atom stereocenters. The minimum absolute atomic E-state index is 0.0150. The molecule has 2 aromatic carbocycles. The Balaban J connectivity index is 1.66. The fraction of sp³-hybridized carbons (Fsp3) is 0.222. The number of carbonyl (C=O) groups excluding carboxylic acids is 2. The number of methoxy groups -OCH3 is 1. The van der Waals surface area contributed by atoms with Crippen LogP contribution in [0, 0.1) is 11.6 Å². The molecule has 148 valence electrons. The molecule has 0 radical (unpaired) electrons. The number of hydrogen-bond donors (Lipinski definition) is 1. The summed E-state index contributed by atoms with van der Waals surface area (Å²) < 4.78 is 47.8. The van der Waals surface area contributed by atoms with Gasteiger partial charge in [-0.15, -0.1) is 0 Å². The fourth-order valence-electron chi connectivity index (χ4n) is 2.44. The smallest absolute Gasteiger partial charge is 0.338 e. The van der Waals surface area contributed by atoms with Crippen molar-refractivity contribution in [3.05, 3.63) is 45.9 Å². The van der Waals surface area contributed by atoms with Crippen molar-refractivity contribution in [2.45, 2.75) is 0 Å². The Labute approximate surface area is 166 Å². The summed E-state index contributed by atoms with van der Waals surface area (Å²) in [5, 5.41) is 2.21. The molecule has 10 heteroatoms. The minimum Gasteiger partial charge on any atom is -0.493 e. The number of amides is 1. The Morgan fingerprint density at radius 3 is 2.64 bits per heavy atom. The van der Waals surface area contributed by atoms with Crippen molar-refractivity contribution < 1.29 is 37.3 Å². The number of benzene rings is 2. The fourth-order valence-corrected chi connectivity index (χ4v) is 2.95. The van der Waals surface area contributed by atoms with Crippen molar-refractivity contribution in [2.75, 3.05) is 32.2 Å². The van der Waals surface area contributed by atoms with E-state index >= 15 is 0 Å². The third-order valence-corrected chi connectivity index (χ3v) is 4.29. The van der Waals surface area contributed by atoms with Crippen molar-refractivity contribution in [1.29, 1.82) is 0 Å². The SMILES string of the molecule is COc1cc(C(=O)OCC(=O)Nc2c(F)cc(F)cc2Br)cc2c1OCCO2. The molecule has 7 nitrogen and oxygen atoms in total. The number of carbonyl (C=O) groups is 2. The van der Waals surface area contributed by atoms with Crippen molar-refractivity contribution in [3.8, 4) is 17.2 Å². The topological polar surface area (TPSA) is 83.1 Å². The average Bonchev–Trinajstić information content (AvgIpc) is 2.67. The molecular formula is C18H14BrF2NO6. The Morgan fingerprint density at radius 1 is 1.18 bits per heavy atom. The summed E-state index contributed by atoms with van der Waals surface area (Å²) in [5.74, 6) is -2.41. The van der Waals surface area contributed by atoms with Gasteiger partial charge in [0.05, 0.1) is 18.4 Å². The third kappa shape index (κ3) is 4.33. The standard InChI is InChI=1S/C18H14BrF2NO6/c1-25-13-4-9(5-14-17(13)27-3-2-26-14)18(24)28-8-15(23)22-16-11(19)6-10(20)7-12(16)21/h4-7H,2-3,8H2,1H3,(H,22,23). The van der Waals surface area contributed by atoms with Crippen LogP contribution >= 0.6 is 15.9 Å². The first-order chi connectivity index (χ1) is 13.4. The zero-order chi connectivity index (χ0) is 20.3. The van der Waals surface area contributed by atoms with Gasteiger partial charge in [0.15, 0.2) is 23.9 Å². The van der Waals surface area contributed by atoms with E-state index < -0.39 is 30.1 Å².